The molecule has 0 heterocycles. The molecule has 1 atom stereocenters. The van der Waals surface area contributed by atoms with Crippen molar-refractivity contribution in [1.29, 1.82) is 0 Å². The fraction of sp³-hybridized carbons (Fsp3) is 0.273. The lowest BCUT2D eigenvalue weighted by molar-refractivity contribution is -0.119. The van der Waals surface area contributed by atoms with E-state index in [0.717, 1.165) is 11.8 Å². The molecular weight excluding hydrogens is 194 g/mol. The summed E-state index contributed by atoms with van der Waals surface area (Å²) in [6.45, 7) is 1.68. The van der Waals surface area contributed by atoms with Gasteiger partial charge in [0.1, 0.15) is 12.0 Å². The van der Waals surface area contributed by atoms with Crippen LogP contribution in [-0.4, -0.2) is 23.8 Å². The standard InChI is InChI=1S/C11H13NO3/c1-8(14)12-6-10(7-13)9-2-4-11(15)5-3-9/h2-5,7,10,15H,6H2,1H3,(H,12,14). The Morgan fingerprint density at radius 3 is 2.53 bits per heavy atom. The summed E-state index contributed by atoms with van der Waals surface area (Å²) >= 11 is 0. The summed E-state index contributed by atoms with van der Waals surface area (Å²) in [4.78, 5) is 21.5. The minimum atomic E-state index is -0.366. The van der Waals surface area contributed by atoms with E-state index in [0.29, 0.717) is 0 Å². The third kappa shape index (κ3) is 3.42. The van der Waals surface area contributed by atoms with E-state index in [1.807, 2.05) is 0 Å². The van der Waals surface area contributed by atoms with E-state index >= 15 is 0 Å². The molecule has 1 aromatic carbocycles. The number of aldehydes is 1. The lowest BCUT2D eigenvalue weighted by atomic mass is 10.0. The third-order valence-corrected chi connectivity index (χ3v) is 2.06. The Kier molecular flexibility index (Phi) is 3.85. The molecule has 0 bridgehead atoms. The number of carbonyl (C=O) groups excluding carboxylic acids is 2. The zero-order valence-corrected chi connectivity index (χ0v) is 8.43. The maximum atomic E-state index is 10.8. The van der Waals surface area contributed by atoms with Gasteiger partial charge < -0.3 is 15.2 Å². The van der Waals surface area contributed by atoms with Gasteiger partial charge in [-0.25, -0.2) is 0 Å². The van der Waals surface area contributed by atoms with Crippen molar-refractivity contribution in [2.75, 3.05) is 6.54 Å². The van der Waals surface area contributed by atoms with E-state index in [2.05, 4.69) is 5.32 Å². The molecule has 0 saturated heterocycles. The van der Waals surface area contributed by atoms with Crippen LogP contribution in [0.15, 0.2) is 24.3 Å². The van der Waals surface area contributed by atoms with E-state index in [-0.39, 0.29) is 24.1 Å². The van der Waals surface area contributed by atoms with Crippen molar-refractivity contribution < 1.29 is 14.7 Å². The Morgan fingerprint density at radius 1 is 1.47 bits per heavy atom. The molecule has 0 saturated carbocycles. The molecule has 1 amide bonds. The average molecular weight is 207 g/mol. The van der Waals surface area contributed by atoms with Gasteiger partial charge in [-0.1, -0.05) is 12.1 Å². The van der Waals surface area contributed by atoms with Crippen molar-refractivity contribution in [2.45, 2.75) is 12.8 Å². The summed E-state index contributed by atoms with van der Waals surface area (Å²) < 4.78 is 0. The van der Waals surface area contributed by atoms with Crippen LogP contribution in [0.2, 0.25) is 0 Å². The van der Waals surface area contributed by atoms with Crippen LogP contribution in [0, 0.1) is 0 Å². The van der Waals surface area contributed by atoms with Crippen molar-refractivity contribution >= 4 is 12.2 Å². The molecule has 2 N–H and O–H groups in total. The summed E-state index contributed by atoms with van der Waals surface area (Å²) in [6.07, 6.45) is 0.780. The Morgan fingerprint density at radius 2 is 2.07 bits per heavy atom. The Hall–Kier alpha value is -1.84. The van der Waals surface area contributed by atoms with Crippen LogP contribution in [0.1, 0.15) is 18.4 Å². The van der Waals surface area contributed by atoms with Crippen LogP contribution in [0.4, 0.5) is 0 Å². The maximum Gasteiger partial charge on any atom is 0.216 e. The molecule has 0 aliphatic carbocycles. The molecule has 4 nitrogen and oxygen atoms in total. The maximum absolute atomic E-state index is 10.8. The van der Waals surface area contributed by atoms with Gasteiger partial charge in [0.2, 0.25) is 5.91 Å². The second kappa shape index (κ2) is 5.14. The number of phenols is 1. The molecule has 4 heteroatoms. The van der Waals surface area contributed by atoms with E-state index in [9.17, 15) is 9.59 Å². The highest BCUT2D eigenvalue weighted by atomic mass is 16.3. The third-order valence-electron chi connectivity index (χ3n) is 2.06. The number of benzene rings is 1. The van der Waals surface area contributed by atoms with Gasteiger partial charge in [-0.15, -0.1) is 0 Å². The molecule has 0 radical (unpaired) electrons. The van der Waals surface area contributed by atoms with E-state index in [4.69, 9.17) is 5.11 Å². The first-order valence-electron chi connectivity index (χ1n) is 4.62. The molecule has 0 spiro atoms. The number of hydrogen-bond acceptors (Lipinski definition) is 3. The van der Waals surface area contributed by atoms with Crippen LogP contribution >= 0.6 is 0 Å². The van der Waals surface area contributed by atoms with Crippen LogP contribution in [0.5, 0.6) is 5.75 Å². The Labute approximate surface area is 87.9 Å². The summed E-state index contributed by atoms with van der Waals surface area (Å²) in [5, 5.41) is 11.6. The lowest BCUT2D eigenvalue weighted by Crippen LogP contribution is -2.26. The predicted molar refractivity (Wildman–Crippen MR) is 55.6 cm³/mol. The van der Waals surface area contributed by atoms with Gasteiger partial charge in [0.15, 0.2) is 0 Å². The second-order valence-electron chi connectivity index (χ2n) is 3.27. The Bertz CT molecular complexity index is 345. The quantitative estimate of drug-likeness (QED) is 0.718. The summed E-state index contributed by atoms with van der Waals surface area (Å²) in [7, 11) is 0. The highest BCUT2D eigenvalue weighted by Crippen LogP contribution is 2.16. The van der Waals surface area contributed by atoms with Crippen molar-refractivity contribution in [1.82, 2.24) is 5.32 Å². The van der Waals surface area contributed by atoms with Crippen LogP contribution in [0.3, 0.4) is 0 Å². The smallest absolute Gasteiger partial charge is 0.216 e. The highest BCUT2D eigenvalue weighted by molar-refractivity contribution is 5.74. The average Bonchev–Trinajstić information content (AvgIpc) is 2.21. The summed E-state index contributed by atoms with van der Waals surface area (Å²) in [5.41, 5.74) is 0.775. The second-order valence-corrected chi connectivity index (χ2v) is 3.27. The van der Waals surface area contributed by atoms with Crippen molar-refractivity contribution in [3.63, 3.8) is 0 Å². The topological polar surface area (TPSA) is 66.4 Å². The molecule has 1 aromatic rings. The zero-order chi connectivity index (χ0) is 11.3. The van der Waals surface area contributed by atoms with Gasteiger partial charge in [0.05, 0.1) is 5.92 Å². The number of phenolic OH excluding ortho intramolecular Hbond substituents is 1. The number of rotatable bonds is 4. The zero-order valence-electron chi connectivity index (χ0n) is 8.43. The largest absolute Gasteiger partial charge is 0.508 e. The van der Waals surface area contributed by atoms with Gasteiger partial charge in [-0.3, -0.25) is 4.79 Å². The first-order valence-corrected chi connectivity index (χ1v) is 4.62. The lowest BCUT2D eigenvalue weighted by Gasteiger charge is -2.10. The van der Waals surface area contributed by atoms with Gasteiger partial charge >= 0.3 is 0 Å². The fourth-order valence-electron chi connectivity index (χ4n) is 1.22. The molecule has 1 unspecified atom stereocenters. The molecule has 1 rings (SSSR count). The minimum Gasteiger partial charge on any atom is -0.508 e. The number of amides is 1. The van der Waals surface area contributed by atoms with Crippen molar-refractivity contribution in [3.05, 3.63) is 29.8 Å². The van der Waals surface area contributed by atoms with Crippen LogP contribution in [0.25, 0.3) is 0 Å². The molecule has 0 aliphatic rings. The summed E-state index contributed by atoms with van der Waals surface area (Å²) in [5.74, 6) is -0.377. The van der Waals surface area contributed by atoms with Crippen molar-refractivity contribution in [2.24, 2.45) is 0 Å². The first kappa shape index (κ1) is 11.2. The normalized spacial score (nSPS) is 11.8. The molecule has 15 heavy (non-hydrogen) atoms. The molecule has 0 aromatic heterocycles. The SMILES string of the molecule is CC(=O)NCC(C=O)c1ccc(O)cc1. The number of aromatic hydroxyl groups is 1. The molecule has 0 aliphatic heterocycles. The van der Waals surface area contributed by atoms with E-state index in [1.165, 1.54) is 19.1 Å². The molecule has 80 valence electrons. The first-order chi connectivity index (χ1) is 7.13. The fourth-order valence-corrected chi connectivity index (χ4v) is 1.22. The van der Waals surface area contributed by atoms with Gasteiger partial charge in [-0.2, -0.15) is 0 Å². The van der Waals surface area contributed by atoms with Crippen molar-refractivity contribution in [3.8, 4) is 5.75 Å². The number of carbonyl (C=O) groups is 2. The van der Waals surface area contributed by atoms with Crippen LogP contribution in [-0.2, 0) is 9.59 Å². The number of nitrogens with one attached hydrogen (secondary N) is 1. The molecular formula is C11H13NO3. The van der Waals surface area contributed by atoms with Gasteiger partial charge in [-0.05, 0) is 17.7 Å². The van der Waals surface area contributed by atoms with E-state index < -0.39 is 0 Å². The summed E-state index contributed by atoms with van der Waals surface area (Å²) in [6, 6.07) is 6.35. The molecule has 0 fully saturated rings. The number of hydrogen-bond donors (Lipinski definition) is 2. The van der Waals surface area contributed by atoms with E-state index in [1.54, 1.807) is 12.1 Å². The van der Waals surface area contributed by atoms with Crippen LogP contribution < -0.4 is 5.32 Å². The monoisotopic (exact) mass is 207 g/mol. The highest BCUT2D eigenvalue weighted by Gasteiger charge is 2.10. The van der Waals surface area contributed by atoms with Gasteiger partial charge in [0.25, 0.3) is 0 Å². The predicted octanol–water partition coefficient (Wildman–Crippen LogP) is 0.811. The van der Waals surface area contributed by atoms with Gasteiger partial charge in [0, 0.05) is 13.5 Å². The minimum absolute atomic E-state index is 0.155. The Balaban J connectivity index is 2.69.